The average Bonchev–Trinajstić information content (AvgIpc) is 1.98. The standard InChI is InChI=1S/C8H18N2O3S/c1-7(2)9(4)14(12,13)10-5-8(3,11)6-10/h7,11H,5-6H2,1-4H3. The Kier molecular flexibility index (Phi) is 2.93. The van der Waals surface area contributed by atoms with Gasteiger partial charge in [-0.05, 0) is 20.8 Å². The summed E-state index contributed by atoms with van der Waals surface area (Å²) in [5.74, 6) is 0. The summed E-state index contributed by atoms with van der Waals surface area (Å²) >= 11 is 0. The highest BCUT2D eigenvalue weighted by Gasteiger charge is 2.45. The van der Waals surface area contributed by atoms with Crippen molar-refractivity contribution in [2.45, 2.75) is 32.4 Å². The third-order valence-corrected chi connectivity index (χ3v) is 4.51. The van der Waals surface area contributed by atoms with Crippen molar-refractivity contribution in [2.24, 2.45) is 0 Å². The van der Waals surface area contributed by atoms with Crippen LogP contribution in [0.2, 0.25) is 0 Å². The SMILES string of the molecule is CC(C)N(C)S(=O)(=O)N1CC(C)(O)C1. The van der Waals surface area contributed by atoms with E-state index in [2.05, 4.69) is 0 Å². The molecule has 0 atom stereocenters. The maximum atomic E-state index is 11.8. The van der Waals surface area contributed by atoms with Crippen molar-refractivity contribution in [3.05, 3.63) is 0 Å². The normalized spacial score (nSPS) is 22.8. The molecule has 0 bridgehead atoms. The summed E-state index contributed by atoms with van der Waals surface area (Å²) in [6.07, 6.45) is 0. The summed E-state index contributed by atoms with van der Waals surface area (Å²) in [7, 11) is -1.82. The molecule has 0 aromatic heterocycles. The lowest BCUT2D eigenvalue weighted by atomic mass is 10.0. The molecule has 0 aliphatic carbocycles. The van der Waals surface area contributed by atoms with Crippen molar-refractivity contribution in [3.8, 4) is 0 Å². The Morgan fingerprint density at radius 2 is 1.86 bits per heavy atom. The third kappa shape index (κ3) is 2.08. The Balaban J connectivity index is 2.70. The van der Waals surface area contributed by atoms with E-state index in [1.54, 1.807) is 14.0 Å². The molecule has 1 aliphatic heterocycles. The highest BCUT2D eigenvalue weighted by molar-refractivity contribution is 7.86. The minimum absolute atomic E-state index is 0.0643. The van der Waals surface area contributed by atoms with Gasteiger partial charge < -0.3 is 5.11 Å². The maximum Gasteiger partial charge on any atom is 0.282 e. The van der Waals surface area contributed by atoms with Gasteiger partial charge in [0.05, 0.1) is 5.60 Å². The molecule has 0 aromatic rings. The number of hydrogen-bond donors (Lipinski definition) is 1. The molecule has 84 valence electrons. The van der Waals surface area contributed by atoms with Gasteiger partial charge in [0, 0.05) is 26.2 Å². The quantitative estimate of drug-likeness (QED) is 0.709. The molecule has 0 unspecified atom stereocenters. The lowest BCUT2D eigenvalue weighted by Crippen LogP contribution is -2.64. The molecule has 1 N–H and O–H groups in total. The van der Waals surface area contributed by atoms with Crippen molar-refractivity contribution in [1.29, 1.82) is 0 Å². The van der Waals surface area contributed by atoms with Crippen molar-refractivity contribution >= 4 is 10.2 Å². The van der Waals surface area contributed by atoms with Crippen LogP contribution in [0.5, 0.6) is 0 Å². The number of aliphatic hydroxyl groups is 1. The number of hydrogen-bond acceptors (Lipinski definition) is 3. The molecule has 0 radical (unpaired) electrons. The first-order chi connectivity index (χ1) is 6.17. The van der Waals surface area contributed by atoms with Crippen molar-refractivity contribution < 1.29 is 13.5 Å². The van der Waals surface area contributed by atoms with Gasteiger partial charge in [0.25, 0.3) is 10.2 Å². The summed E-state index contributed by atoms with van der Waals surface area (Å²) in [6, 6.07) is -0.0643. The van der Waals surface area contributed by atoms with E-state index in [9.17, 15) is 13.5 Å². The summed E-state index contributed by atoms with van der Waals surface area (Å²) in [5, 5.41) is 9.44. The van der Waals surface area contributed by atoms with Crippen LogP contribution in [0.1, 0.15) is 20.8 Å². The molecule has 1 fully saturated rings. The third-order valence-electron chi connectivity index (χ3n) is 2.45. The van der Waals surface area contributed by atoms with E-state index < -0.39 is 15.8 Å². The summed E-state index contributed by atoms with van der Waals surface area (Å²) in [6.45, 7) is 5.64. The van der Waals surface area contributed by atoms with Gasteiger partial charge in [-0.15, -0.1) is 0 Å². The zero-order valence-corrected chi connectivity index (χ0v) is 9.87. The van der Waals surface area contributed by atoms with Crippen LogP contribution in [0.15, 0.2) is 0 Å². The van der Waals surface area contributed by atoms with Crippen LogP contribution in [-0.2, 0) is 10.2 Å². The highest BCUT2D eigenvalue weighted by Crippen LogP contribution is 2.25. The smallest absolute Gasteiger partial charge is 0.282 e. The first-order valence-corrected chi connectivity index (χ1v) is 6.02. The number of β-amino-alcohol motifs (C(OH)–C–C–N with tert-alkyl or cyclic N) is 1. The van der Waals surface area contributed by atoms with E-state index in [-0.39, 0.29) is 19.1 Å². The molecule has 5 nitrogen and oxygen atoms in total. The minimum Gasteiger partial charge on any atom is -0.387 e. The molecule has 0 aromatic carbocycles. The highest BCUT2D eigenvalue weighted by atomic mass is 32.2. The van der Waals surface area contributed by atoms with Gasteiger partial charge in [0.15, 0.2) is 0 Å². The van der Waals surface area contributed by atoms with E-state index >= 15 is 0 Å². The van der Waals surface area contributed by atoms with E-state index in [1.807, 2.05) is 13.8 Å². The zero-order valence-electron chi connectivity index (χ0n) is 9.06. The van der Waals surface area contributed by atoms with Crippen LogP contribution in [0.3, 0.4) is 0 Å². The largest absolute Gasteiger partial charge is 0.387 e. The second-order valence-electron chi connectivity index (χ2n) is 4.38. The van der Waals surface area contributed by atoms with Gasteiger partial charge in [-0.2, -0.15) is 17.0 Å². The lowest BCUT2D eigenvalue weighted by Gasteiger charge is -2.44. The van der Waals surface area contributed by atoms with Crippen LogP contribution in [0.25, 0.3) is 0 Å². The Bertz CT molecular complexity index is 303. The molecule has 6 heteroatoms. The van der Waals surface area contributed by atoms with E-state index in [0.29, 0.717) is 0 Å². The predicted molar refractivity (Wildman–Crippen MR) is 54.0 cm³/mol. The van der Waals surface area contributed by atoms with Gasteiger partial charge in [-0.3, -0.25) is 0 Å². The van der Waals surface area contributed by atoms with Gasteiger partial charge in [0.1, 0.15) is 0 Å². The molecule has 1 aliphatic rings. The predicted octanol–water partition coefficient (Wildman–Crippen LogP) is -0.362. The molecule has 1 rings (SSSR count). The van der Waals surface area contributed by atoms with Gasteiger partial charge >= 0.3 is 0 Å². The maximum absolute atomic E-state index is 11.8. The van der Waals surface area contributed by atoms with Crippen LogP contribution in [0, 0.1) is 0 Å². The Labute approximate surface area is 85.5 Å². The molecule has 1 heterocycles. The Hall–Kier alpha value is -0.170. The molecular formula is C8H18N2O3S. The molecular weight excluding hydrogens is 204 g/mol. The first-order valence-electron chi connectivity index (χ1n) is 4.62. The van der Waals surface area contributed by atoms with Gasteiger partial charge in [-0.1, -0.05) is 0 Å². The zero-order chi connectivity index (χ0) is 11.1. The Morgan fingerprint density at radius 3 is 2.14 bits per heavy atom. The average molecular weight is 222 g/mol. The van der Waals surface area contributed by atoms with Crippen LogP contribution >= 0.6 is 0 Å². The fourth-order valence-corrected chi connectivity index (χ4v) is 3.10. The molecule has 1 saturated heterocycles. The first kappa shape index (κ1) is 11.9. The summed E-state index contributed by atoms with van der Waals surface area (Å²) < 4.78 is 26.2. The fraction of sp³-hybridized carbons (Fsp3) is 1.00. The fourth-order valence-electron chi connectivity index (χ4n) is 1.33. The second-order valence-corrected chi connectivity index (χ2v) is 6.37. The molecule has 14 heavy (non-hydrogen) atoms. The monoisotopic (exact) mass is 222 g/mol. The van der Waals surface area contributed by atoms with E-state index in [4.69, 9.17) is 0 Å². The molecule has 0 spiro atoms. The summed E-state index contributed by atoms with van der Waals surface area (Å²) in [5.41, 5.74) is -0.856. The van der Waals surface area contributed by atoms with Crippen molar-refractivity contribution in [1.82, 2.24) is 8.61 Å². The van der Waals surface area contributed by atoms with Crippen molar-refractivity contribution in [2.75, 3.05) is 20.1 Å². The topological polar surface area (TPSA) is 60.9 Å². The van der Waals surface area contributed by atoms with Gasteiger partial charge in [0.2, 0.25) is 0 Å². The lowest BCUT2D eigenvalue weighted by molar-refractivity contribution is -0.0451. The number of rotatable bonds is 3. The molecule has 0 amide bonds. The van der Waals surface area contributed by atoms with Gasteiger partial charge in [-0.25, -0.2) is 0 Å². The van der Waals surface area contributed by atoms with Crippen LogP contribution < -0.4 is 0 Å². The minimum atomic E-state index is -3.37. The van der Waals surface area contributed by atoms with Crippen LogP contribution in [-0.4, -0.2) is 53.9 Å². The van der Waals surface area contributed by atoms with Crippen molar-refractivity contribution in [3.63, 3.8) is 0 Å². The summed E-state index contributed by atoms with van der Waals surface area (Å²) in [4.78, 5) is 0. The Morgan fingerprint density at radius 1 is 1.43 bits per heavy atom. The van der Waals surface area contributed by atoms with Crippen LogP contribution in [0.4, 0.5) is 0 Å². The second kappa shape index (κ2) is 3.44. The molecule has 0 saturated carbocycles. The van der Waals surface area contributed by atoms with E-state index in [0.717, 1.165) is 0 Å². The van der Waals surface area contributed by atoms with E-state index in [1.165, 1.54) is 8.61 Å². The number of nitrogens with zero attached hydrogens (tertiary/aromatic N) is 2.